The van der Waals surface area contributed by atoms with E-state index in [0.717, 1.165) is 53.8 Å². The molecule has 4 nitrogen and oxygen atoms in total. The van der Waals surface area contributed by atoms with E-state index in [1.165, 1.54) is 12.8 Å². The summed E-state index contributed by atoms with van der Waals surface area (Å²) in [4.78, 5) is 13.7. The van der Waals surface area contributed by atoms with Crippen LogP contribution in [0.2, 0.25) is 0 Å². The normalized spacial score (nSPS) is 22.9. The summed E-state index contributed by atoms with van der Waals surface area (Å²) in [6.07, 6.45) is 4.32. The lowest BCUT2D eigenvalue weighted by molar-refractivity contribution is -0.984. The number of quaternary nitrogens is 1. The maximum Gasteiger partial charge on any atom is 0.322 e. The van der Waals surface area contributed by atoms with Gasteiger partial charge in [0, 0.05) is 25.7 Å². The van der Waals surface area contributed by atoms with Crippen molar-refractivity contribution in [3.05, 3.63) is 102 Å². The zero-order chi connectivity index (χ0) is 23.2. The summed E-state index contributed by atoms with van der Waals surface area (Å²) in [5.41, 5.74) is 1.97. The van der Waals surface area contributed by atoms with Gasteiger partial charge in [0.25, 0.3) is 0 Å². The average molecular weight is 537 g/mol. The molecule has 0 aromatic heterocycles. The molecule has 3 heterocycles. The standard InChI is InChI=1S/C30H34NO3.BrH/c32-30(29(25-11-4-1-5-12-25)26-13-6-2-7-14-26)34-28-23-24-17-20-31(28,21-18-24)19-10-22-33-27-15-8-3-9-16-27;/h1-9,11-16,24,28-29H,10,17-23H2;1H/q+1;/p-1/t24?,28-,31?;/m1./s1. The number of piperidine rings is 3. The fourth-order valence-corrected chi connectivity index (χ4v) is 5.74. The zero-order valence-corrected chi connectivity index (χ0v) is 21.7. The van der Waals surface area contributed by atoms with Gasteiger partial charge in [0.1, 0.15) is 11.7 Å². The van der Waals surface area contributed by atoms with Crippen LogP contribution in [0.5, 0.6) is 5.75 Å². The maximum absolute atomic E-state index is 13.7. The fraction of sp³-hybridized carbons (Fsp3) is 0.367. The summed E-state index contributed by atoms with van der Waals surface area (Å²) in [6.45, 7) is 3.86. The minimum Gasteiger partial charge on any atom is -1.00 e. The molecule has 3 saturated heterocycles. The van der Waals surface area contributed by atoms with Crippen molar-refractivity contribution in [2.75, 3.05) is 26.2 Å². The number of hydrogen-bond donors (Lipinski definition) is 0. The van der Waals surface area contributed by atoms with Crippen LogP contribution in [0.3, 0.4) is 0 Å². The monoisotopic (exact) mass is 535 g/mol. The van der Waals surface area contributed by atoms with E-state index in [-0.39, 0.29) is 29.2 Å². The van der Waals surface area contributed by atoms with Crippen LogP contribution < -0.4 is 21.7 Å². The van der Waals surface area contributed by atoms with Crippen LogP contribution in [-0.2, 0) is 9.53 Å². The fourth-order valence-electron chi connectivity index (χ4n) is 5.74. The topological polar surface area (TPSA) is 35.5 Å². The minimum atomic E-state index is -0.398. The summed E-state index contributed by atoms with van der Waals surface area (Å²) in [5, 5.41) is 0. The Labute approximate surface area is 219 Å². The van der Waals surface area contributed by atoms with E-state index in [4.69, 9.17) is 9.47 Å². The number of halogens is 1. The van der Waals surface area contributed by atoms with Crippen LogP contribution in [0.25, 0.3) is 0 Å². The molecule has 0 aliphatic carbocycles. The van der Waals surface area contributed by atoms with Crippen LogP contribution in [0.1, 0.15) is 42.7 Å². The van der Waals surface area contributed by atoms with Gasteiger partial charge in [0.2, 0.25) is 6.23 Å². The third-order valence-electron chi connectivity index (χ3n) is 7.62. The Kier molecular flexibility index (Phi) is 8.64. The number of carbonyl (C=O) groups excluding carboxylic acids is 1. The third kappa shape index (κ3) is 5.96. The first kappa shape index (κ1) is 25.5. The van der Waals surface area contributed by atoms with Crippen molar-refractivity contribution >= 4 is 5.97 Å². The van der Waals surface area contributed by atoms with Crippen molar-refractivity contribution < 1.29 is 35.7 Å². The molecule has 184 valence electrons. The number of para-hydroxylation sites is 1. The number of rotatable bonds is 9. The van der Waals surface area contributed by atoms with Gasteiger partial charge in [-0.1, -0.05) is 78.9 Å². The number of benzene rings is 3. The molecule has 0 radical (unpaired) electrons. The highest BCUT2D eigenvalue weighted by molar-refractivity contribution is 5.82. The molecule has 5 heteroatoms. The van der Waals surface area contributed by atoms with Crippen LogP contribution in [0.4, 0.5) is 0 Å². The van der Waals surface area contributed by atoms with Gasteiger partial charge < -0.3 is 26.5 Å². The van der Waals surface area contributed by atoms with Crippen molar-refractivity contribution in [3.63, 3.8) is 0 Å². The van der Waals surface area contributed by atoms with Gasteiger partial charge in [-0.2, -0.15) is 0 Å². The first-order chi connectivity index (χ1) is 16.7. The molecule has 0 unspecified atom stereocenters. The minimum absolute atomic E-state index is 0. The molecule has 3 aliphatic heterocycles. The van der Waals surface area contributed by atoms with Crippen LogP contribution in [0, 0.1) is 5.92 Å². The summed E-state index contributed by atoms with van der Waals surface area (Å²) in [6, 6.07) is 30.0. The number of carbonyl (C=O) groups is 1. The number of esters is 1. The van der Waals surface area contributed by atoms with Crippen molar-refractivity contribution in [1.29, 1.82) is 0 Å². The molecule has 6 rings (SSSR count). The van der Waals surface area contributed by atoms with E-state index in [0.29, 0.717) is 12.5 Å². The van der Waals surface area contributed by atoms with Gasteiger partial charge in [-0.3, -0.25) is 9.28 Å². The van der Waals surface area contributed by atoms with E-state index in [1.54, 1.807) is 0 Å². The van der Waals surface area contributed by atoms with Crippen molar-refractivity contribution in [1.82, 2.24) is 0 Å². The predicted molar refractivity (Wildman–Crippen MR) is 133 cm³/mol. The number of ether oxygens (including phenoxy) is 2. The molecule has 0 amide bonds. The highest BCUT2D eigenvalue weighted by Gasteiger charge is 2.49. The second-order valence-electron chi connectivity index (χ2n) is 9.73. The number of fused-ring (bicyclic) bond motifs is 3. The first-order valence-electron chi connectivity index (χ1n) is 12.6. The van der Waals surface area contributed by atoms with E-state index >= 15 is 0 Å². The van der Waals surface area contributed by atoms with Gasteiger partial charge in [-0.25, -0.2) is 0 Å². The molecular weight excluding hydrogens is 502 g/mol. The molecule has 3 fully saturated rings. The highest BCUT2D eigenvalue weighted by atomic mass is 79.9. The molecule has 0 saturated carbocycles. The second kappa shape index (κ2) is 11.9. The van der Waals surface area contributed by atoms with Gasteiger partial charge in [0.15, 0.2) is 0 Å². The van der Waals surface area contributed by atoms with Crippen molar-refractivity contribution in [2.45, 2.75) is 37.8 Å². The summed E-state index contributed by atoms with van der Waals surface area (Å²) >= 11 is 0. The molecule has 0 spiro atoms. The quantitative estimate of drug-likeness (QED) is 0.240. The second-order valence-corrected chi connectivity index (χ2v) is 9.73. The van der Waals surface area contributed by atoms with E-state index in [2.05, 4.69) is 0 Å². The summed E-state index contributed by atoms with van der Waals surface area (Å²) in [7, 11) is 0. The number of nitrogens with zero attached hydrogens (tertiary/aromatic N) is 1. The third-order valence-corrected chi connectivity index (χ3v) is 7.62. The highest BCUT2D eigenvalue weighted by Crippen LogP contribution is 2.40. The number of hydrogen-bond acceptors (Lipinski definition) is 3. The van der Waals surface area contributed by atoms with E-state index in [9.17, 15) is 4.79 Å². The SMILES string of the molecule is O=C(O[C@@H]1CC2CC[N+]1(CCCOc1ccccc1)CC2)C(c1ccccc1)c1ccccc1.[Br-]. The van der Waals surface area contributed by atoms with Gasteiger partial charge >= 0.3 is 5.97 Å². The van der Waals surface area contributed by atoms with E-state index in [1.807, 2.05) is 91.0 Å². The lowest BCUT2D eigenvalue weighted by Gasteiger charge is -2.53. The van der Waals surface area contributed by atoms with Gasteiger partial charge in [0.05, 0.1) is 26.2 Å². The van der Waals surface area contributed by atoms with Gasteiger partial charge in [-0.05, 0) is 29.2 Å². The molecular formula is C30H34BrNO3. The smallest absolute Gasteiger partial charge is 0.322 e. The lowest BCUT2D eigenvalue weighted by Crippen LogP contribution is -3.00. The first-order valence-corrected chi connectivity index (χ1v) is 12.6. The Balaban J connectivity index is 0.00000289. The van der Waals surface area contributed by atoms with Crippen molar-refractivity contribution in [2.24, 2.45) is 5.92 Å². The summed E-state index contributed by atoms with van der Waals surface area (Å²) in [5.74, 6) is 1.06. The molecule has 3 aromatic carbocycles. The Bertz CT molecular complexity index is 1010. The zero-order valence-electron chi connectivity index (χ0n) is 20.1. The predicted octanol–water partition coefficient (Wildman–Crippen LogP) is 2.79. The molecule has 1 atom stereocenters. The van der Waals surface area contributed by atoms with Crippen LogP contribution in [-0.4, -0.2) is 42.9 Å². The Morgan fingerprint density at radius 1 is 0.829 bits per heavy atom. The molecule has 0 N–H and O–H groups in total. The Morgan fingerprint density at radius 2 is 1.37 bits per heavy atom. The van der Waals surface area contributed by atoms with Gasteiger partial charge in [-0.15, -0.1) is 0 Å². The molecule has 35 heavy (non-hydrogen) atoms. The Hall–Kier alpha value is -2.63. The molecule has 3 aromatic rings. The molecule has 3 aliphatic rings. The Morgan fingerprint density at radius 3 is 1.94 bits per heavy atom. The largest absolute Gasteiger partial charge is 1.00 e. The van der Waals surface area contributed by atoms with E-state index < -0.39 is 5.92 Å². The van der Waals surface area contributed by atoms with Crippen LogP contribution in [0.15, 0.2) is 91.0 Å². The van der Waals surface area contributed by atoms with Crippen molar-refractivity contribution in [3.8, 4) is 5.75 Å². The lowest BCUT2D eigenvalue weighted by atomic mass is 9.84. The average Bonchev–Trinajstić information content (AvgIpc) is 2.90. The summed E-state index contributed by atoms with van der Waals surface area (Å²) < 4.78 is 13.2. The maximum atomic E-state index is 13.7. The van der Waals surface area contributed by atoms with Crippen LogP contribution >= 0.6 is 0 Å². The molecule has 2 bridgehead atoms.